The van der Waals surface area contributed by atoms with E-state index in [9.17, 15) is 15.0 Å². The molecular formula is C15H13NaO5. The Morgan fingerprint density at radius 2 is 1.95 bits per heavy atom. The van der Waals surface area contributed by atoms with Gasteiger partial charge in [0.25, 0.3) is 0 Å². The largest absolute Gasteiger partial charge is 1.00 e. The maximum atomic E-state index is 11.9. The number of hydrogen-bond donors (Lipinski definition) is 2. The van der Waals surface area contributed by atoms with Crippen LogP contribution in [0.15, 0.2) is 41.7 Å². The molecule has 0 aliphatic heterocycles. The van der Waals surface area contributed by atoms with Gasteiger partial charge in [0.05, 0.1) is 25.8 Å². The van der Waals surface area contributed by atoms with E-state index in [1.165, 1.54) is 38.5 Å². The van der Waals surface area contributed by atoms with Crippen molar-refractivity contribution in [3.63, 3.8) is 0 Å². The number of allylic oxidation sites excluding steroid dienone is 4. The van der Waals surface area contributed by atoms with Gasteiger partial charge in [-0.2, -0.15) is 6.08 Å². The average Bonchev–Trinajstić information content (AvgIpc) is 2.46. The molecule has 0 bridgehead atoms. The number of methoxy groups -OCH3 is 2. The molecule has 21 heavy (non-hydrogen) atoms. The zero-order valence-corrected chi connectivity index (χ0v) is 14.0. The van der Waals surface area contributed by atoms with Crippen molar-refractivity contribution in [1.82, 2.24) is 0 Å². The van der Waals surface area contributed by atoms with E-state index in [1.54, 1.807) is 6.07 Å². The molecule has 0 amide bonds. The smallest absolute Gasteiger partial charge is 0.522 e. The molecule has 0 atom stereocenters. The van der Waals surface area contributed by atoms with Crippen LogP contribution in [-0.4, -0.2) is 30.2 Å². The number of hydrogen-bond acceptors (Lipinski definition) is 5. The van der Waals surface area contributed by atoms with Crippen molar-refractivity contribution in [2.75, 3.05) is 14.2 Å². The second-order valence-corrected chi connectivity index (χ2v) is 4.01. The van der Waals surface area contributed by atoms with E-state index < -0.39 is 5.78 Å². The van der Waals surface area contributed by atoms with E-state index in [1.807, 2.05) is 0 Å². The minimum absolute atomic E-state index is 0. The summed E-state index contributed by atoms with van der Waals surface area (Å²) in [5, 5.41) is 20.0. The van der Waals surface area contributed by atoms with E-state index in [0.717, 1.165) is 0 Å². The predicted octanol–water partition coefficient (Wildman–Crippen LogP) is -0.854. The molecule has 1 aromatic carbocycles. The molecule has 0 saturated heterocycles. The first-order valence-corrected chi connectivity index (χ1v) is 5.77. The Morgan fingerprint density at radius 1 is 1.24 bits per heavy atom. The molecule has 0 aromatic heterocycles. The van der Waals surface area contributed by atoms with Gasteiger partial charge >= 0.3 is 29.6 Å². The molecule has 104 valence electrons. The van der Waals surface area contributed by atoms with Crippen molar-refractivity contribution in [1.29, 1.82) is 0 Å². The summed E-state index contributed by atoms with van der Waals surface area (Å²) in [6.45, 7) is 0. The second kappa shape index (κ2) is 7.36. The van der Waals surface area contributed by atoms with Crippen molar-refractivity contribution < 1.29 is 54.0 Å². The number of ether oxygens (including phenoxy) is 2. The van der Waals surface area contributed by atoms with Crippen LogP contribution >= 0.6 is 0 Å². The number of aliphatic hydroxyl groups is 1. The molecule has 5 nitrogen and oxygen atoms in total. The molecule has 1 aliphatic rings. The number of carbonyl (C=O) groups excluding carboxylic acids is 1. The number of aromatic hydroxyl groups is 1. The first kappa shape index (κ1) is 17.4. The zero-order valence-electron chi connectivity index (χ0n) is 12.0. The SMILES string of the molecule is COC1=CC(=O)C(=C(O)c2ccc(OC)cc2O)C=[C-]1.[Na+]. The molecule has 0 radical (unpaired) electrons. The Morgan fingerprint density at radius 3 is 2.48 bits per heavy atom. The molecular weight excluding hydrogens is 283 g/mol. The first-order valence-electron chi connectivity index (χ1n) is 5.77. The molecule has 1 aromatic rings. The number of carbonyl (C=O) groups is 1. The van der Waals surface area contributed by atoms with Gasteiger partial charge in [-0.05, 0) is 17.7 Å². The molecule has 0 saturated carbocycles. The molecule has 6 heteroatoms. The van der Waals surface area contributed by atoms with Crippen LogP contribution in [0.3, 0.4) is 0 Å². The van der Waals surface area contributed by atoms with Crippen LogP contribution < -0.4 is 34.3 Å². The summed E-state index contributed by atoms with van der Waals surface area (Å²) in [6, 6.07) is 4.39. The van der Waals surface area contributed by atoms with Crippen molar-refractivity contribution in [2.24, 2.45) is 0 Å². The van der Waals surface area contributed by atoms with Gasteiger partial charge in [-0.3, -0.25) is 0 Å². The number of rotatable bonds is 3. The topological polar surface area (TPSA) is 76.0 Å². The van der Waals surface area contributed by atoms with Crippen LogP contribution in [0.5, 0.6) is 11.5 Å². The van der Waals surface area contributed by atoms with Crippen LogP contribution in [0.2, 0.25) is 0 Å². The van der Waals surface area contributed by atoms with Crippen molar-refractivity contribution >= 4 is 11.5 Å². The van der Waals surface area contributed by atoms with Gasteiger partial charge in [0.15, 0.2) is 0 Å². The fourth-order valence-corrected chi connectivity index (χ4v) is 1.74. The third-order valence-corrected chi connectivity index (χ3v) is 2.82. The number of ketones is 1. The van der Waals surface area contributed by atoms with E-state index in [2.05, 4.69) is 6.08 Å². The summed E-state index contributed by atoms with van der Waals surface area (Å²) in [5.74, 6) is -0.201. The van der Waals surface area contributed by atoms with Crippen LogP contribution in [0.4, 0.5) is 0 Å². The Balaban J connectivity index is 0.00000220. The third kappa shape index (κ3) is 3.69. The zero-order chi connectivity index (χ0) is 14.7. The van der Waals surface area contributed by atoms with Crippen molar-refractivity contribution in [3.8, 4) is 11.5 Å². The van der Waals surface area contributed by atoms with Gasteiger partial charge in [0.2, 0.25) is 0 Å². The van der Waals surface area contributed by atoms with Gasteiger partial charge in [-0.1, -0.05) is 6.08 Å². The van der Waals surface area contributed by atoms with Gasteiger partial charge in [0.1, 0.15) is 11.5 Å². The maximum absolute atomic E-state index is 11.9. The van der Waals surface area contributed by atoms with E-state index >= 15 is 0 Å². The van der Waals surface area contributed by atoms with Gasteiger partial charge in [-0.15, -0.1) is 6.08 Å². The molecule has 0 heterocycles. The van der Waals surface area contributed by atoms with Crippen molar-refractivity contribution in [3.05, 3.63) is 53.3 Å². The summed E-state index contributed by atoms with van der Waals surface area (Å²) in [5.41, 5.74) is 0.174. The van der Waals surface area contributed by atoms with E-state index in [0.29, 0.717) is 5.75 Å². The van der Waals surface area contributed by atoms with Crippen LogP contribution in [-0.2, 0) is 9.53 Å². The van der Waals surface area contributed by atoms with Crippen LogP contribution in [0.25, 0.3) is 5.76 Å². The van der Waals surface area contributed by atoms with Gasteiger partial charge in [-0.25, -0.2) is 0 Å². The molecule has 0 unspecified atom stereocenters. The Labute approximate surface area is 144 Å². The van der Waals surface area contributed by atoms with Gasteiger partial charge in [0, 0.05) is 17.4 Å². The minimum Gasteiger partial charge on any atom is -0.522 e. The number of phenolic OH excluding ortho intramolecular Hbond substituents is 1. The molecule has 0 spiro atoms. The number of aliphatic hydroxyl groups excluding tert-OH is 1. The standard InChI is InChI=1S/C15H13O5.Na/c1-19-9-3-5-11(13(16)7-9)15(18)12-6-4-10(20-2)8-14(12)17;/h3,5-8,16,18H,1-2H3;/q-1;+1. The van der Waals surface area contributed by atoms with Gasteiger partial charge < -0.3 is 24.5 Å². The monoisotopic (exact) mass is 296 g/mol. The predicted molar refractivity (Wildman–Crippen MR) is 72.1 cm³/mol. The Hall–Kier alpha value is -1.69. The summed E-state index contributed by atoms with van der Waals surface area (Å²) >= 11 is 0. The Bertz CT molecular complexity index is 643. The Kier molecular flexibility index (Phi) is 6.08. The number of phenols is 1. The minimum atomic E-state index is -0.423. The average molecular weight is 296 g/mol. The molecule has 2 rings (SSSR count). The quantitative estimate of drug-likeness (QED) is 0.329. The van der Waals surface area contributed by atoms with E-state index in [4.69, 9.17) is 9.47 Å². The van der Waals surface area contributed by atoms with Crippen LogP contribution in [0, 0.1) is 6.08 Å². The molecule has 0 fully saturated rings. The molecule has 2 N–H and O–H groups in total. The normalized spacial score (nSPS) is 15.9. The number of benzene rings is 1. The fraction of sp³-hybridized carbons (Fsp3) is 0.133. The van der Waals surface area contributed by atoms with Crippen molar-refractivity contribution in [2.45, 2.75) is 0 Å². The first-order chi connectivity index (χ1) is 9.56. The van der Waals surface area contributed by atoms with E-state index in [-0.39, 0.29) is 58.0 Å². The summed E-state index contributed by atoms with van der Waals surface area (Å²) < 4.78 is 9.83. The molecule has 1 aliphatic carbocycles. The fourth-order valence-electron chi connectivity index (χ4n) is 1.74. The maximum Gasteiger partial charge on any atom is 1.00 e. The third-order valence-electron chi connectivity index (χ3n) is 2.82. The summed E-state index contributed by atoms with van der Waals surface area (Å²) in [7, 11) is 2.88. The second-order valence-electron chi connectivity index (χ2n) is 4.01. The summed E-state index contributed by atoms with van der Waals surface area (Å²) in [4.78, 5) is 11.9. The van der Waals surface area contributed by atoms with Crippen LogP contribution in [0.1, 0.15) is 5.56 Å². The summed E-state index contributed by atoms with van der Waals surface area (Å²) in [6.07, 6.45) is 5.24.